The highest BCUT2D eigenvalue weighted by atomic mass is 28.4. The first-order chi connectivity index (χ1) is 6.56. The van der Waals surface area contributed by atoms with Crippen LogP contribution in [0.1, 0.15) is 34.6 Å². The van der Waals surface area contributed by atoms with Crippen molar-refractivity contribution >= 4 is 20.2 Å². The number of carbonyl (C=O) groups excluding carboxylic acids is 1. The van der Waals surface area contributed by atoms with E-state index >= 15 is 0 Å². The number of oxime groups is 1. The summed E-state index contributed by atoms with van der Waals surface area (Å²) in [6, 6.07) is 0. The number of hydrogen-bond donors (Lipinski definition) is 0. The maximum atomic E-state index is 10.5. The van der Waals surface area contributed by atoms with Crippen LogP contribution < -0.4 is 0 Å². The molecule has 15 heavy (non-hydrogen) atoms. The van der Waals surface area contributed by atoms with E-state index in [0.29, 0.717) is 5.90 Å². The normalized spacial score (nSPS) is 13.7. The van der Waals surface area contributed by atoms with Crippen LogP contribution in [0, 0.1) is 0 Å². The number of nitrogens with zero attached hydrogens (tertiary/aromatic N) is 1. The van der Waals surface area contributed by atoms with Crippen molar-refractivity contribution in [1.82, 2.24) is 0 Å². The molecule has 0 radical (unpaired) electrons. The number of rotatable bonds is 2. The first kappa shape index (κ1) is 14.2. The Morgan fingerprint density at radius 1 is 1.20 bits per heavy atom. The van der Waals surface area contributed by atoms with Crippen LogP contribution in [0.25, 0.3) is 0 Å². The summed E-state index contributed by atoms with van der Waals surface area (Å²) in [5, 5.41) is 3.71. The average molecular weight is 231 g/mol. The molecule has 0 aliphatic rings. The minimum atomic E-state index is -1.86. The van der Waals surface area contributed by atoms with Gasteiger partial charge < -0.3 is 9.26 Å². The quantitative estimate of drug-likeness (QED) is 0.241. The van der Waals surface area contributed by atoms with Gasteiger partial charge in [0.05, 0.1) is 0 Å². The Balaban J connectivity index is 4.47. The average Bonchev–Trinajstić information content (AvgIpc) is 1.97. The van der Waals surface area contributed by atoms with Crippen molar-refractivity contribution in [2.24, 2.45) is 5.16 Å². The Hall–Kier alpha value is -0.843. The van der Waals surface area contributed by atoms with Gasteiger partial charge in [0.2, 0.25) is 5.90 Å². The van der Waals surface area contributed by atoms with Crippen LogP contribution in [0.5, 0.6) is 0 Å². The number of hydrogen-bond acceptors (Lipinski definition) is 4. The smallest absolute Gasteiger partial charge is 0.332 e. The van der Waals surface area contributed by atoms with E-state index < -0.39 is 14.3 Å². The second kappa shape index (κ2) is 4.79. The molecule has 0 aromatic rings. The Bertz CT molecular complexity index is 266. The molecule has 5 heteroatoms. The zero-order valence-electron chi connectivity index (χ0n) is 10.7. The summed E-state index contributed by atoms with van der Waals surface area (Å²) in [6.07, 6.45) is 0. The van der Waals surface area contributed by atoms with Gasteiger partial charge >= 0.3 is 5.97 Å². The molecule has 0 atom stereocenters. The van der Waals surface area contributed by atoms with Crippen molar-refractivity contribution < 1.29 is 14.1 Å². The van der Waals surface area contributed by atoms with E-state index in [1.807, 2.05) is 0 Å². The molecule has 0 amide bonds. The Kier molecular flexibility index (Phi) is 4.52. The Labute approximate surface area is 92.8 Å². The van der Waals surface area contributed by atoms with Crippen molar-refractivity contribution in [2.45, 2.75) is 52.8 Å². The maximum Gasteiger partial charge on any atom is 0.332 e. The van der Waals surface area contributed by atoms with Crippen molar-refractivity contribution in [1.29, 1.82) is 0 Å². The van der Waals surface area contributed by atoms with Crippen molar-refractivity contribution in [3.8, 4) is 0 Å². The molecule has 0 saturated heterocycles. The van der Waals surface area contributed by atoms with Crippen LogP contribution in [-0.4, -0.2) is 20.2 Å². The van der Waals surface area contributed by atoms with Gasteiger partial charge in [-0.1, -0.05) is 20.8 Å². The highest BCUT2D eigenvalue weighted by Gasteiger charge is 2.39. The fourth-order valence-electron chi connectivity index (χ4n) is 0.670. The molecular formula is C10H21NO3Si. The van der Waals surface area contributed by atoms with Gasteiger partial charge in [-0.25, -0.2) is 4.79 Å². The third-order valence-corrected chi connectivity index (χ3v) is 6.93. The number of carbonyl (C=O) groups is 1. The van der Waals surface area contributed by atoms with Crippen molar-refractivity contribution in [3.05, 3.63) is 0 Å². The minimum Gasteiger partial charge on any atom is -0.532 e. The van der Waals surface area contributed by atoms with Crippen molar-refractivity contribution in [3.63, 3.8) is 0 Å². The molecule has 0 spiro atoms. The molecule has 0 saturated carbocycles. The summed E-state index contributed by atoms with van der Waals surface area (Å²) < 4.78 is 5.76. The third-order valence-electron chi connectivity index (χ3n) is 2.51. The van der Waals surface area contributed by atoms with E-state index in [2.05, 4.69) is 43.9 Å². The molecular weight excluding hydrogens is 210 g/mol. The molecule has 88 valence electrons. The molecule has 0 heterocycles. The van der Waals surface area contributed by atoms with Crippen LogP contribution in [0.4, 0.5) is 0 Å². The summed E-state index contributed by atoms with van der Waals surface area (Å²) in [5.41, 5.74) is 0. The largest absolute Gasteiger partial charge is 0.532 e. The topological polar surface area (TPSA) is 47.9 Å². The first-order valence-electron chi connectivity index (χ1n) is 4.97. The zero-order valence-corrected chi connectivity index (χ0v) is 11.7. The lowest BCUT2D eigenvalue weighted by Crippen LogP contribution is -2.42. The van der Waals surface area contributed by atoms with Gasteiger partial charge in [0, 0.05) is 13.8 Å². The van der Waals surface area contributed by atoms with E-state index in [1.165, 1.54) is 6.92 Å². The fourth-order valence-corrected chi connectivity index (χ4v) is 1.75. The molecule has 0 aliphatic carbocycles. The van der Waals surface area contributed by atoms with Crippen LogP contribution in [0.3, 0.4) is 0 Å². The van der Waals surface area contributed by atoms with Gasteiger partial charge in [0.15, 0.2) is 0 Å². The maximum absolute atomic E-state index is 10.5. The van der Waals surface area contributed by atoms with Gasteiger partial charge in [0.25, 0.3) is 8.32 Å². The van der Waals surface area contributed by atoms with Crippen molar-refractivity contribution in [2.75, 3.05) is 0 Å². The summed E-state index contributed by atoms with van der Waals surface area (Å²) in [4.78, 5) is 15.0. The second-order valence-electron chi connectivity index (χ2n) is 5.06. The first-order valence-corrected chi connectivity index (χ1v) is 7.88. The summed E-state index contributed by atoms with van der Waals surface area (Å²) in [6.45, 7) is 13.6. The minimum absolute atomic E-state index is 0.111. The Morgan fingerprint density at radius 3 is 2.00 bits per heavy atom. The predicted octanol–water partition coefficient (Wildman–Crippen LogP) is 2.90. The molecule has 0 bridgehead atoms. The molecule has 4 nitrogen and oxygen atoms in total. The van der Waals surface area contributed by atoms with Crippen LogP contribution in [-0.2, 0) is 14.1 Å². The molecule has 0 rings (SSSR count). The van der Waals surface area contributed by atoms with Gasteiger partial charge in [-0.2, -0.15) is 0 Å². The second-order valence-corrected chi connectivity index (χ2v) is 9.78. The molecule has 0 aromatic carbocycles. The highest BCUT2D eigenvalue weighted by Crippen LogP contribution is 2.36. The molecule has 0 N–H and O–H groups in total. The lowest BCUT2D eigenvalue weighted by molar-refractivity contribution is -0.141. The van der Waals surface area contributed by atoms with Crippen LogP contribution in [0.15, 0.2) is 5.16 Å². The zero-order chi connectivity index (χ0) is 12.3. The summed E-state index contributed by atoms with van der Waals surface area (Å²) >= 11 is 0. The van der Waals surface area contributed by atoms with Crippen LogP contribution in [0.2, 0.25) is 18.1 Å². The molecule has 0 aliphatic heterocycles. The third kappa shape index (κ3) is 4.97. The van der Waals surface area contributed by atoms with Gasteiger partial charge in [0.1, 0.15) is 0 Å². The fraction of sp³-hybridized carbons (Fsp3) is 0.800. The monoisotopic (exact) mass is 231 g/mol. The lowest BCUT2D eigenvalue weighted by Gasteiger charge is -2.35. The summed E-state index contributed by atoms with van der Waals surface area (Å²) in [7, 11) is -1.86. The van der Waals surface area contributed by atoms with E-state index in [1.54, 1.807) is 6.92 Å². The highest BCUT2D eigenvalue weighted by molar-refractivity contribution is 6.75. The molecule has 0 unspecified atom stereocenters. The van der Waals surface area contributed by atoms with E-state index in [0.717, 1.165) is 0 Å². The lowest BCUT2D eigenvalue weighted by atomic mass is 10.2. The van der Waals surface area contributed by atoms with E-state index in [4.69, 9.17) is 4.43 Å². The summed E-state index contributed by atoms with van der Waals surface area (Å²) in [5.74, 6) is -0.0232. The molecule has 0 fully saturated rings. The van der Waals surface area contributed by atoms with Gasteiger partial charge in [-0.15, -0.1) is 0 Å². The SMILES string of the molecule is CC(=O)O/N=C(/C)O[Si](C)(C)C(C)(C)C. The predicted molar refractivity (Wildman–Crippen MR) is 63.2 cm³/mol. The standard InChI is InChI=1S/C10H21NO3Si/c1-8(11-13-9(2)12)14-15(6,7)10(3,4)5/h1-7H3/b11-8-. The van der Waals surface area contributed by atoms with Crippen LogP contribution >= 0.6 is 0 Å². The van der Waals surface area contributed by atoms with Gasteiger partial charge in [-0.05, 0) is 23.3 Å². The molecule has 0 aromatic heterocycles. The van der Waals surface area contributed by atoms with Gasteiger partial charge in [-0.3, -0.25) is 0 Å². The van der Waals surface area contributed by atoms with E-state index in [-0.39, 0.29) is 5.04 Å². The Morgan fingerprint density at radius 2 is 1.67 bits per heavy atom. The van der Waals surface area contributed by atoms with E-state index in [9.17, 15) is 4.79 Å².